The minimum atomic E-state index is -2.08. The van der Waals surface area contributed by atoms with Crippen molar-refractivity contribution < 1.29 is 30.0 Å². The zero-order chi connectivity index (χ0) is 33.1. The Balaban J connectivity index is 4.13. The second kappa shape index (κ2) is 21.4. The first-order valence-corrected chi connectivity index (χ1v) is 15.8. The van der Waals surface area contributed by atoms with Gasteiger partial charge in [-0.3, -0.25) is 20.4 Å². The lowest BCUT2D eigenvalue weighted by Gasteiger charge is -2.32. The fraction of sp³-hybridized carbons (Fsp3) is 0.867. The van der Waals surface area contributed by atoms with Gasteiger partial charge < -0.3 is 47.0 Å². The normalized spacial score (nSPS) is 15.9. The number of unbranched alkanes of at least 4 members (excludes halogenated alkanes) is 3. The third kappa shape index (κ3) is 17.5. The molecule has 13 heteroatoms. The summed E-state index contributed by atoms with van der Waals surface area (Å²) in [5.41, 5.74) is -0.491. The van der Waals surface area contributed by atoms with Gasteiger partial charge in [0.2, 0.25) is 0 Å². The second-order valence-electron chi connectivity index (χ2n) is 12.2. The molecule has 2 amide bonds. The van der Waals surface area contributed by atoms with E-state index in [1.165, 1.54) is 0 Å². The molecule has 0 aromatic carbocycles. The maximum absolute atomic E-state index is 12.4. The van der Waals surface area contributed by atoms with Crippen LogP contribution in [-0.4, -0.2) is 106 Å². The van der Waals surface area contributed by atoms with E-state index in [4.69, 9.17) is 10.8 Å². The molecule has 0 saturated carbocycles. The van der Waals surface area contributed by atoms with E-state index in [9.17, 15) is 30.0 Å². The third-order valence-electron chi connectivity index (χ3n) is 7.86. The van der Waals surface area contributed by atoms with E-state index in [0.717, 1.165) is 51.6 Å². The predicted octanol–water partition coefficient (Wildman–Crippen LogP) is 0.884. The van der Waals surface area contributed by atoms with E-state index in [2.05, 4.69) is 47.4 Å². The van der Waals surface area contributed by atoms with Gasteiger partial charge in [0.25, 0.3) is 11.8 Å². The molecule has 0 heterocycles. The highest BCUT2D eigenvalue weighted by Gasteiger charge is 2.38. The van der Waals surface area contributed by atoms with Crippen molar-refractivity contribution in [3.8, 4) is 0 Å². The Bertz CT molecular complexity index is 844. The van der Waals surface area contributed by atoms with E-state index in [1.807, 2.05) is 20.8 Å². The van der Waals surface area contributed by atoms with Crippen molar-refractivity contribution in [3.63, 3.8) is 0 Å². The van der Waals surface area contributed by atoms with Gasteiger partial charge in [-0.2, -0.15) is 0 Å². The maximum Gasteiger partial charge on any atom is 0.252 e. The molecule has 13 nitrogen and oxygen atoms in total. The van der Waals surface area contributed by atoms with E-state index in [0.29, 0.717) is 37.4 Å². The molecule has 0 aromatic heterocycles. The van der Waals surface area contributed by atoms with Crippen molar-refractivity contribution in [2.24, 2.45) is 0 Å². The third-order valence-corrected chi connectivity index (χ3v) is 7.86. The van der Waals surface area contributed by atoms with Gasteiger partial charge in [-0.25, -0.2) is 0 Å². The van der Waals surface area contributed by atoms with E-state index < -0.39 is 41.8 Å². The summed E-state index contributed by atoms with van der Waals surface area (Å²) in [7, 11) is 0. The minimum absolute atomic E-state index is 0.0522. The summed E-state index contributed by atoms with van der Waals surface area (Å²) < 4.78 is 0. The Kier molecular flexibility index (Phi) is 20.2. The lowest BCUT2D eigenvalue weighted by atomic mass is 9.92. The zero-order valence-corrected chi connectivity index (χ0v) is 27.3. The van der Waals surface area contributed by atoms with Crippen LogP contribution < -0.4 is 26.6 Å². The van der Waals surface area contributed by atoms with Crippen molar-refractivity contribution in [2.45, 2.75) is 141 Å². The van der Waals surface area contributed by atoms with E-state index in [1.54, 1.807) is 0 Å². The zero-order valence-electron chi connectivity index (χ0n) is 27.3. The molecular formula is C30H61N7O6. The highest BCUT2D eigenvalue weighted by molar-refractivity contribution is 5.83. The van der Waals surface area contributed by atoms with E-state index >= 15 is 0 Å². The van der Waals surface area contributed by atoms with Crippen molar-refractivity contribution in [2.75, 3.05) is 26.2 Å². The molecular weight excluding hydrogens is 554 g/mol. The average Bonchev–Trinajstić information content (AvgIpc) is 2.97. The number of amides is 2. The summed E-state index contributed by atoms with van der Waals surface area (Å²) in [4.78, 5) is 24.6. The molecule has 0 fully saturated rings. The summed E-state index contributed by atoms with van der Waals surface area (Å²) in [6.07, 6.45) is -0.282. The molecule has 0 saturated heterocycles. The van der Waals surface area contributed by atoms with Gasteiger partial charge in [0.15, 0.2) is 12.2 Å². The number of rotatable bonds is 24. The van der Waals surface area contributed by atoms with Crippen LogP contribution >= 0.6 is 0 Å². The number of amidine groups is 2. The minimum Gasteiger partial charge on any atom is -0.387 e. The van der Waals surface area contributed by atoms with Crippen molar-refractivity contribution in [1.29, 1.82) is 10.8 Å². The van der Waals surface area contributed by atoms with Gasteiger partial charge in [-0.15, -0.1) is 0 Å². The molecule has 0 spiro atoms. The molecule has 0 radical (unpaired) electrons. The monoisotopic (exact) mass is 615 g/mol. The lowest BCUT2D eigenvalue weighted by molar-refractivity contribution is -0.156. The fourth-order valence-corrected chi connectivity index (χ4v) is 4.31. The second-order valence-corrected chi connectivity index (χ2v) is 12.2. The maximum atomic E-state index is 12.4. The predicted molar refractivity (Wildman–Crippen MR) is 170 cm³/mol. The van der Waals surface area contributed by atoms with Crippen LogP contribution in [0.2, 0.25) is 0 Å². The van der Waals surface area contributed by atoms with Gasteiger partial charge in [0.05, 0.1) is 11.7 Å². The van der Waals surface area contributed by atoms with Crippen LogP contribution in [0.5, 0.6) is 0 Å². The molecule has 0 bridgehead atoms. The number of hydrogen-bond acceptors (Lipinski definition) is 9. The molecule has 0 aliphatic rings. The molecule has 0 aromatic rings. The van der Waals surface area contributed by atoms with Crippen LogP contribution in [0, 0.1) is 10.8 Å². The first-order chi connectivity index (χ1) is 20.1. The first-order valence-electron chi connectivity index (χ1n) is 15.8. The summed E-state index contributed by atoms with van der Waals surface area (Å²) in [6.45, 7) is 13.9. The molecule has 252 valence electrons. The highest BCUT2D eigenvalue weighted by atomic mass is 16.4. The SMILES string of the molecule is CCCC(C)(CC)NC(=O)[C@@H](O)[C@H](O)[C@H](O)[C@@H](O)C(=O)NCCNC(=N)CCCCCCC(=N)NCCNC(C)(C)CC. The Morgan fingerprint density at radius 3 is 1.60 bits per heavy atom. The lowest BCUT2D eigenvalue weighted by Crippen LogP contribution is -2.57. The molecule has 1 unspecified atom stereocenters. The van der Waals surface area contributed by atoms with Crippen molar-refractivity contribution in [3.05, 3.63) is 0 Å². The standard InChI is InChI=1S/C30H61N7O6/c1-7-16-30(6,9-3)37-28(43)26(41)24(39)23(38)25(40)27(42)35-18-17-33-21(31)14-12-10-11-13-15-22(32)34-19-20-36-29(4,5)8-2/h23-26,36,38-41H,7-20H2,1-6H3,(H2,31,33)(H2,32,34)(H,35,42)(H,37,43)/t23-,24+,25+,26-,30?/m0/s1. The molecule has 43 heavy (non-hydrogen) atoms. The quantitative estimate of drug-likeness (QED) is 0.0421. The van der Waals surface area contributed by atoms with Crippen molar-refractivity contribution >= 4 is 23.5 Å². The number of hydrogen-bond donors (Lipinski definition) is 11. The molecule has 5 atom stereocenters. The Labute approximate surface area is 258 Å². The Morgan fingerprint density at radius 1 is 0.674 bits per heavy atom. The van der Waals surface area contributed by atoms with Crippen LogP contribution in [0.25, 0.3) is 0 Å². The van der Waals surface area contributed by atoms with Crippen molar-refractivity contribution in [1.82, 2.24) is 26.6 Å². The summed E-state index contributed by atoms with van der Waals surface area (Å²) in [5.74, 6) is -1.01. The summed E-state index contributed by atoms with van der Waals surface area (Å²) >= 11 is 0. The highest BCUT2D eigenvalue weighted by Crippen LogP contribution is 2.17. The Hall–Kier alpha value is -2.32. The largest absolute Gasteiger partial charge is 0.387 e. The Morgan fingerprint density at radius 2 is 1.14 bits per heavy atom. The molecule has 0 aliphatic carbocycles. The summed E-state index contributed by atoms with van der Waals surface area (Å²) in [6, 6.07) is 0. The van der Waals surface area contributed by atoms with Gasteiger partial charge in [-0.1, -0.05) is 40.0 Å². The molecule has 0 rings (SSSR count). The van der Waals surface area contributed by atoms with Crippen LogP contribution in [0.3, 0.4) is 0 Å². The first kappa shape index (κ1) is 40.7. The molecule has 11 N–H and O–H groups in total. The number of carbonyl (C=O) groups excluding carboxylic acids is 2. The average molecular weight is 616 g/mol. The molecule has 0 aliphatic heterocycles. The topological polar surface area (TPSA) is 223 Å². The van der Waals surface area contributed by atoms with Gasteiger partial charge in [0, 0.05) is 50.1 Å². The number of nitrogens with one attached hydrogen (secondary N) is 7. The van der Waals surface area contributed by atoms with E-state index in [-0.39, 0.29) is 18.6 Å². The number of aliphatic hydroxyl groups is 4. The summed E-state index contributed by atoms with van der Waals surface area (Å²) in [5, 5.41) is 71.3. The van der Waals surface area contributed by atoms with Gasteiger partial charge in [0.1, 0.15) is 12.2 Å². The van der Waals surface area contributed by atoms with Crippen LogP contribution in [-0.2, 0) is 9.59 Å². The van der Waals surface area contributed by atoms with Crippen LogP contribution in [0.15, 0.2) is 0 Å². The number of carbonyl (C=O) groups is 2. The van der Waals surface area contributed by atoms with Gasteiger partial charge >= 0.3 is 0 Å². The smallest absolute Gasteiger partial charge is 0.252 e. The fourth-order valence-electron chi connectivity index (χ4n) is 4.31. The van der Waals surface area contributed by atoms with Crippen LogP contribution in [0.4, 0.5) is 0 Å². The van der Waals surface area contributed by atoms with Crippen LogP contribution in [0.1, 0.15) is 106 Å². The van der Waals surface area contributed by atoms with Gasteiger partial charge in [-0.05, 0) is 52.9 Å². The number of aliphatic hydroxyl groups excluding tert-OH is 4.